The number of nitrogens with one attached hydrogen (secondary N) is 2. The number of carbonyl (C=O) groups is 2. The molecule has 1 aromatic rings. The molecule has 11 nitrogen and oxygen atoms in total. The molecule has 3 rings (SSSR count). The zero-order chi connectivity index (χ0) is 27.4. The number of aliphatic hydroxyl groups excluding tert-OH is 1. The first-order valence-electron chi connectivity index (χ1n) is 11.8. The van der Waals surface area contributed by atoms with Crippen molar-refractivity contribution in [3.05, 3.63) is 54.5 Å². The molecular weight excluding hydrogens is 508 g/mol. The maximum atomic E-state index is 15.7. The van der Waals surface area contributed by atoms with Gasteiger partial charge in [0.25, 0.3) is 5.91 Å². The van der Waals surface area contributed by atoms with E-state index < -0.39 is 62.5 Å². The Balaban J connectivity index is 1.78. The van der Waals surface area contributed by atoms with Crippen LogP contribution in [-0.2, 0) is 28.2 Å². The van der Waals surface area contributed by atoms with Gasteiger partial charge in [-0.3, -0.25) is 14.1 Å². The van der Waals surface area contributed by atoms with Crippen LogP contribution in [-0.4, -0.2) is 64.7 Å². The summed E-state index contributed by atoms with van der Waals surface area (Å²) in [6.07, 6.45) is -0.580. The summed E-state index contributed by atoms with van der Waals surface area (Å²) in [5.74, 6) is -0.608. The molecule has 6 atom stereocenters. The van der Waals surface area contributed by atoms with Crippen LogP contribution < -0.4 is 14.9 Å². The van der Waals surface area contributed by atoms with Gasteiger partial charge in [-0.2, -0.15) is 5.09 Å². The van der Waals surface area contributed by atoms with E-state index in [9.17, 15) is 19.3 Å². The minimum atomic E-state index is -4.25. The highest BCUT2D eigenvalue weighted by Crippen LogP contribution is 2.47. The number of allylic oxidation sites excluding steroid dienone is 1. The van der Waals surface area contributed by atoms with Crippen LogP contribution in [0.5, 0.6) is 5.75 Å². The van der Waals surface area contributed by atoms with Crippen LogP contribution >= 0.6 is 7.75 Å². The number of rotatable bonds is 10. The first kappa shape index (κ1) is 28.8. The van der Waals surface area contributed by atoms with E-state index in [1.807, 2.05) is 0 Å². The number of amides is 1. The molecule has 0 radical (unpaired) electrons. The monoisotopic (exact) mass is 541 g/mol. The van der Waals surface area contributed by atoms with Crippen molar-refractivity contribution in [1.82, 2.24) is 15.3 Å². The lowest BCUT2D eigenvalue weighted by atomic mass is 9.98. The number of para-hydroxylation sites is 1. The Morgan fingerprint density at radius 3 is 2.65 bits per heavy atom. The number of aliphatic hydroxyl groups is 1. The van der Waals surface area contributed by atoms with E-state index in [-0.39, 0.29) is 11.6 Å². The van der Waals surface area contributed by atoms with Crippen LogP contribution in [0.3, 0.4) is 0 Å². The number of ether oxygens (including phenoxy) is 2. The molecule has 1 saturated heterocycles. The highest BCUT2D eigenvalue weighted by atomic mass is 31.2. The van der Waals surface area contributed by atoms with E-state index in [4.69, 9.17) is 18.5 Å². The molecule has 1 fully saturated rings. The average Bonchev–Trinajstić information content (AvgIpc) is 3.06. The third kappa shape index (κ3) is 6.97. The Bertz CT molecular complexity index is 1080. The standard InChI is InChI=1S/C24H33FN3O8P/c1-6-19-26-20(29)12-13-28(19)23-24(5,25)21(30)18(35-23)14-33-37(32,36-17-10-8-7-9-11-17)27-16(4)22(31)34-15(2)3/h6-13,15-16,18,21,23,30H,14H2,1-5H3,(H,26,29)(H,27,32)/b19-6+/t16-,18+,21+,23+,24+,37?/m0/s1. The normalized spacial score (nSPS) is 29.2. The Morgan fingerprint density at radius 2 is 2.03 bits per heavy atom. The van der Waals surface area contributed by atoms with Crippen LogP contribution in [0.25, 0.3) is 0 Å². The summed E-state index contributed by atoms with van der Waals surface area (Å²) in [5, 5.41) is 15.8. The summed E-state index contributed by atoms with van der Waals surface area (Å²) >= 11 is 0. The third-order valence-electron chi connectivity index (χ3n) is 5.59. The maximum Gasteiger partial charge on any atom is 0.459 e. The molecule has 0 aromatic heterocycles. The molecule has 0 spiro atoms. The second kappa shape index (κ2) is 11.7. The smallest absolute Gasteiger partial charge is 0.459 e. The van der Waals surface area contributed by atoms with Crippen LogP contribution in [0, 0.1) is 0 Å². The van der Waals surface area contributed by atoms with E-state index in [0.717, 1.165) is 6.92 Å². The van der Waals surface area contributed by atoms with Crippen LogP contribution in [0.4, 0.5) is 4.39 Å². The molecule has 2 heterocycles. The van der Waals surface area contributed by atoms with E-state index >= 15 is 4.39 Å². The minimum absolute atomic E-state index is 0.191. The predicted molar refractivity (Wildman–Crippen MR) is 132 cm³/mol. The molecule has 1 unspecified atom stereocenters. The van der Waals surface area contributed by atoms with Gasteiger partial charge >= 0.3 is 13.7 Å². The SMILES string of the molecule is C/C=C1\NC(=O)C=CN1[C@@H]1O[C@H](COP(=O)(N[C@@H](C)C(=O)OC(C)C)Oc2ccccc2)[C@@H](O)[C@@]1(C)F. The fourth-order valence-electron chi connectivity index (χ4n) is 3.74. The van der Waals surface area contributed by atoms with Crippen molar-refractivity contribution in [2.75, 3.05) is 6.61 Å². The first-order valence-corrected chi connectivity index (χ1v) is 13.3. The van der Waals surface area contributed by atoms with Gasteiger partial charge in [-0.05, 0) is 52.8 Å². The zero-order valence-corrected chi connectivity index (χ0v) is 22.2. The van der Waals surface area contributed by atoms with Gasteiger partial charge < -0.3 is 29.3 Å². The largest absolute Gasteiger partial charge is 0.462 e. The van der Waals surface area contributed by atoms with Gasteiger partial charge in [0.2, 0.25) is 0 Å². The van der Waals surface area contributed by atoms with Crippen molar-refractivity contribution in [3.8, 4) is 5.75 Å². The van der Waals surface area contributed by atoms with Gasteiger partial charge in [-0.25, -0.2) is 8.96 Å². The van der Waals surface area contributed by atoms with Gasteiger partial charge in [-0.15, -0.1) is 0 Å². The summed E-state index contributed by atoms with van der Waals surface area (Å²) < 4.78 is 51.4. The second-order valence-electron chi connectivity index (χ2n) is 9.04. The number of hydrogen-bond donors (Lipinski definition) is 3. The van der Waals surface area contributed by atoms with Gasteiger partial charge in [0.15, 0.2) is 11.9 Å². The number of nitrogens with zero attached hydrogens (tertiary/aromatic N) is 1. The highest BCUT2D eigenvalue weighted by molar-refractivity contribution is 7.52. The summed E-state index contributed by atoms with van der Waals surface area (Å²) in [6, 6.07) is 7.05. The summed E-state index contributed by atoms with van der Waals surface area (Å²) in [7, 11) is -4.25. The molecule has 1 aromatic carbocycles. The highest BCUT2D eigenvalue weighted by Gasteiger charge is 2.57. The molecular formula is C24H33FN3O8P. The summed E-state index contributed by atoms with van der Waals surface area (Å²) in [4.78, 5) is 25.3. The maximum absolute atomic E-state index is 15.7. The third-order valence-corrected chi connectivity index (χ3v) is 7.24. The van der Waals surface area contributed by atoms with E-state index in [1.165, 1.54) is 24.1 Å². The van der Waals surface area contributed by atoms with Crippen LogP contribution in [0.15, 0.2) is 54.5 Å². The minimum Gasteiger partial charge on any atom is -0.462 e. The van der Waals surface area contributed by atoms with Crippen LogP contribution in [0.1, 0.15) is 34.6 Å². The topological polar surface area (TPSA) is 136 Å². The molecule has 0 saturated carbocycles. The van der Waals surface area contributed by atoms with Crippen LogP contribution in [0.2, 0.25) is 0 Å². The Morgan fingerprint density at radius 1 is 1.35 bits per heavy atom. The second-order valence-corrected chi connectivity index (χ2v) is 10.7. The zero-order valence-electron chi connectivity index (χ0n) is 21.3. The first-order chi connectivity index (χ1) is 17.4. The van der Waals surface area contributed by atoms with Crippen molar-refractivity contribution >= 4 is 19.6 Å². The van der Waals surface area contributed by atoms with Gasteiger partial charge in [0.05, 0.1) is 12.7 Å². The van der Waals surface area contributed by atoms with Crippen molar-refractivity contribution < 1.29 is 42.2 Å². The lowest BCUT2D eigenvalue weighted by molar-refractivity contribution is -0.149. The van der Waals surface area contributed by atoms with Gasteiger partial charge in [-0.1, -0.05) is 18.2 Å². The van der Waals surface area contributed by atoms with E-state index in [1.54, 1.807) is 57.2 Å². The molecule has 0 bridgehead atoms. The van der Waals surface area contributed by atoms with Gasteiger partial charge in [0.1, 0.15) is 29.8 Å². The Kier molecular flexibility index (Phi) is 9.14. The fourth-order valence-corrected chi connectivity index (χ4v) is 5.25. The van der Waals surface area contributed by atoms with E-state index in [2.05, 4.69) is 10.4 Å². The number of alkyl halides is 1. The van der Waals surface area contributed by atoms with Gasteiger partial charge in [0, 0.05) is 12.3 Å². The number of carbonyl (C=O) groups excluding carboxylic acids is 2. The van der Waals surface area contributed by atoms with Crippen molar-refractivity contribution in [2.24, 2.45) is 0 Å². The number of halogens is 1. The quantitative estimate of drug-likeness (QED) is 0.300. The number of hydrogen-bond acceptors (Lipinski definition) is 9. The summed E-state index contributed by atoms with van der Waals surface area (Å²) in [5.41, 5.74) is -2.30. The van der Waals surface area contributed by atoms with Crippen molar-refractivity contribution in [1.29, 1.82) is 0 Å². The molecule has 13 heteroatoms. The lowest BCUT2D eigenvalue weighted by Gasteiger charge is -2.36. The molecule has 1 amide bonds. The van der Waals surface area contributed by atoms with E-state index in [0.29, 0.717) is 0 Å². The molecule has 0 aliphatic carbocycles. The molecule has 2 aliphatic heterocycles. The van der Waals surface area contributed by atoms with Crippen molar-refractivity contribution in [3.63, 3.8) is 0 Å². The molecule has 37 heavy (non-hydrogen) atoms. The fraction of sp³-hybridized carbons (Fsp3) is 0.500. The Labute approximate surface area is 215 Å². The molecule has 2 aliphatic rings. The number of benzene rings is 1. The lowest BCUT2D eigenvalue weighted by Crippen LogP contribution is -2.51. The number of esters is 1. The van der Waals surface area contributed by atoms with Crippen molar-refractivity contribution in [2.45, 2.75) is 70.9 Å². The molecule has 204 valence electrons. The summed E-state index contributed by atoms with van der Waals surface area (Å²) in [6.45, 7) is 7.04. The predicted octanol–water partition coefficient (Wildman–Crippen LogP) is 2.74. The Hall–Kier alpha value is -2.76. The average molecular weight is 542 g/mol. The molecule has 3 N–H and O–H groups in total.